The second-order valence-corrected chi connectivity index (χ2v) is 7.42. The second kappa shape index (κ2) is 10.7. The number of aryl methyl sites for hydroxylation is 1. The van der Waals surface area contributed by atoms with E-state index in [-0.39, 0.29) is 19.2 Å². The molecule has 0 unspecified atom stereocenters. The molecule has 0 fully saturated rings. The first-order valence-corrected chi connectivity index (χ1v) is 10.7. The summed E-state index contributed by atoms with van der Waals surface area (Å²) < 4.78 is 27.6. The predicted octanol–water partition coefficient (Wildman–Crippen LogP) is 5.45. The van der Waals surface area contributed by atoms with Crippen molar-refractivity contribution < 1.29 is 28.2 Å². The van der Waals surface area contributed by atoms with Gasteiger partial charge in [0.2, 0.25) is 5.89 Å². The van der Waals surface area contributed by atoms with E-state index in [1.807, 2.05) is 37.3 Å². The first-order valence-electron chi connectivity index (χ1n) is 10.7. The van der Waals surface area contributed by atoms with E-state index in [0.717, 1.165) is 11.3 Å². The maximum Gasteiger partial charge on any atom is 0.226 e. The van der Waals surface area contributed by atoms with Crippen LogP contribution in [-0.4, -0.2) is 31.8 Å². The van der Waals surface area contributed by atoms with Gasteiger partial charge in [-0.2, -0.15) is 0 Å². The lowest BCUT2D eigenvalue weighted by Gasteiger charge is -2.14. The Morgan fingerprint density at radius 3 is 2.38 bits per heavy atom. The van der Waals surface area contributed by atoms with Gasteiger partial charge in [-0.1, -0.05) is 24.3 Å². The lowest BCUT2D eigenvalue weighted by Crippen LogP contribution is -2.08. The van der Waals surface area contributed by atoms with Crippen molar-refractivity contribution in [2.24, 2.45) is 0 Å². The lowest BCUT2D eigenvalue weighted by molar-refractivity contribution is 0.0483. The first-order chi connectivity index (χ1) is 16.6. The molecule has 0 radical (unpaired) electrons. The van der Waals surface area contributed by atoms with Crippen LogP contribution in [0, 0.1) is 6.92 Å². The molecular weight excluding hydrogens is 434 g/mol. The van der Waals surface area contributed by atoms with Crippen molar-refractivity contribution in [1.29, 1.82) is 0 Å². The van der Waals surface area contributed by atoms with Crippen LogP contribution >= 0.6 is 0 Å². The number of carbonyl (C=O) groups excluding carboxylic acids is 1. The van der Waals surface area contributed by atoms with E-state index in [9.17, 15) is 4.79 Å². The highest BCUT2D eigenvalue weighted by Crippen LogP contribution is 2.33. The molecule has 3 aromatic carbocycles. The molecule has 0 atom stereocenters. The summed E-state index contributed by atoms with van der Waals surface area (Å²) in [6, 6.07) is 21.8. The molecule has 1 aromatic heterocycles. The molecule has 0 saturated carbocycles. The molecule has 7 nitrogen and oxygen atoms in total. The molecule has 0 bridgehead atoms. The van der Waals surface area contributed by atoms with Gasteiger partial charge in [-0.25, -0.2) is 4.98 Å². The Balaban J connectivity index is 1.46. The topological polar surface area (TPSA) is 80.0 Å². The van der Waals surface area contributed by atoms with Crippen molar-refractivity contribution in [3.05, 3.63) is 95.4 Å². The van der Waals surface area contributed by atoms with Crippen LogP contribution in [0.4, 0.5) is 0 Å². The van der Waals surface area contributed by atoms with Crippen molar-refractivity contribution in [3.8, 4) is 28.7 Å². The van der Waals surface area contributed by atoms with Gasteiger partial charge >= 0.3 is 0 Å². The molecule has 0 aliphatic heterocycles. The van der Waals surface area contributed by atoms with Crippen molar-refractivity contribution in [3.63, 3.8) is 0 Å². The molecule has 34 heavy (non-hydrogen) atoms. The zero-order chi connectivity index (χ0) is 23.9. The minimum absolute atomic E-state index is 0.000875. The third-order valence-corrected chi connectivity index (χ3v) is 5.17. The van der Waals surface area contributed by atoms with Crippen LogP contribution in [0.15, 0.2) is 77.2 Å². The lowest BCUT2D eigenvalue weighted by atomic mass is 10.0. The fourth-order valence-electron chi connectivity index (χ4n) is 3.40. The van der Waals surface area contributed by atoms with Crippen LogP contribution in [0.3, 0.4) is 0 Å². The van der Waals surface area contributed by atoms with Gasteiger partial charge in [0.15, 0.2) is 24.1 Å². The van der Waals surface area contributed by atoms with E-state index in [2.05, 4.69) is 4.98 Å². The van der Waals surface area contributed by atoms with E-state index in [1.54, 1.807) is 42.5 Å². The van der Waals surface area contributed by atoms with Crippen LogP contribution in [0.5, 0.6) is 17.2 Å². The highest BCUT2D eigenvalue weighted by molar-refractivity contribution is 6.11. The van der Waals surface area contributed by atoms with Gasteiger partial charge in [0, 0.05) is 18.2 Å². The Hall–Kier alpha value is -4.10. The second-order valence-electron chi connectivity index (χ2n) is 7.42. The summed E-state index contributed by atoms with van der Waals surface area (Å²) in [7, 11) is 3.04. The third-order valence-electron chi connectivity index (χ3n) is 5.17. The summed E-state index contributed by atoms with van der Waals surface area (Å²) >= 11 is 0. The highest BCUT2D eigenvalue weighted by Gasteiger charge is 2.19. The number of hydrogen-bond acceptors (Lipinski definition) is 7. The van der Waals surface area contributed by atoms with Gasteiger partial charge in [0.25, 0.3) is 0 Å². The summed E-state index contributed by atoms with van der Waals surface area (Å²) in [5, 5.41) is 0. The maximum atomic E-state index is 13.1. The Bertz CT molecular complexity index is 1250. The third kappa shape index (κ3) is 5.10. The van der Waals surface area contributed by atoms with E-state index < -0.39 is 0 Å². The average molecular weight is 459 g/mol. The number of benzene rings is 3. The van der Waals surface area contributed by atoms with Gasteiger partial charge in [0.1, 0.15) is 23.8 Å². The van der Waals surface area contributed by atoms with Crippen LogP contribution < -0.4 is 14.2 Å². The van der Waals surface area contributed by atoms with Crippen molar-refractivity contribution >= 4 is 5.78 Å². The largest absolute Gasteiger partial charge is 0.493 e. The summed E-state index contributed by atoms with van der Waals surface area (Å²) in [5.74, 6) is 2.47. The van der Waals surface area contributed by atoms with E-state index in [4.69, 9.17) is 23.4 Å². The normalized spacial score (nSPS) is 10.7. The Kier molecular flexibility index (Phi) is 7.25. The minimum Gasteiger partial charge on any atom is -0.493 e. The van der Waals surface area contributed by atoms with Crippen LogP contribution in [0.25, 0.3) is 11.5 Å². The molecular formula is C27H25NO6. The molecule has 4 aromatic rings. The first kappa shape index (κ1) is 23.1. The summed E-state index contributed by atoms with van der Waals surface area (Å²) in [6.07, 6.45) is 0. The fourth-order valence-corrected chi connectivity index (χ4v) is 3.40. The number of aromatic nitrogens is 1. The van der Waals surface area contributed by atoms with Gasteiger partial charge in [-0.05, 0) is 55.5 Å². The summed E-state index contributed by atoms with van der Waals surface area (Å²) in [6.45, 7) is 2.11. The number of carbonyl (C=O) groups is 1. The zero-order valence-electron chi connectivity index (χ0n) is 19.2. The summed E-state index contributed by atoms with van der Waals surface area (Å²) in [4.78, 5) is 17.7. The molecule has 0 aliphatic rings. The molecule has 174 valence electrons. The van der Waals surface area contributed by atoms with Gasteiger partial charge in [-0.15, -0.1) is 0 Å². The SMILES string of the molecule is COCOc1c(OC)cccc1C(=O)c1ccc(OCc2nc(-c3ccccc3)oc2C)cc1. The molecule has 0 saturated heterocycles. The molecule has 1 heterocycles. The minimum atomic E-state index is -0.198. The number of methoxy groups -OCH3 is 2. The monoisotopic (exact) mass is 459 g/mol. The van der Waals surface area contributed by atoms with Crippen molar-refractivity contribution in [2.75, 3.05) is 21.0 Å². The van der Waals surface area contributed by atoms with E-state index >= 15 is 0 Å². The number of hydrogen-bond donors (Lipinski definition) is 0. The Morgan fingerprint density at radius 2 is 1.68 bits per heavy atom. The number of nitrogens with zero attached hydrogens (tertiary/aromatic N) is 1. The quantitative estimate of drug-likeness (QED) is 0.230. The molecule has 0 aliphatic carbocycles. The van der Waals surface area contributed by atoms with Crippen molar-refractivity contribution in [2.45, 2.75) is 13.5 Å². The van der Waals surface area contributed by atoms with Gasteiger partial charge in [0.05, 0.1) is 12.7 Å². The summed E-state index contributed by atoms with van der Waals surface area (Å²) in [5.41, 5.74) is 2.50. The fraction of sp³-hybridized carbons (Fsp3) is 0.185. The van der Waals surface area contributed by atoms with Crippen LogP contribution in [-0.2, 0) is 11.3 Å². The molecule has 0 amide bonds. The number of para-hydroxylation sites is 1. The molecule has 4 rings (SSSR count). The molecule has 0 N–H and O–H groups in total. The average Bonchev–Trinajstić information content (AvgIpc) is 3.26. The zero-order valence-corrected chi connectivity index (χ0v) is 19.2. The molecule has 0 spiro atoms. The smallest absolute Gasteiger partial charge is 0.226 e. The van der Waals surface area contributed by atoms with Crippen molar-refractivity contribution in [1.82, 2.24) is 4.98 Å². The van der Waals surface area contributed by atoms with Crippen LogP contribution in [0.1, 0.15) is 27.4 Å². The maximum absolute atomic E-state index is 13.1. The standard InChI is InChI=1S/C27H25NO6/c1-18-23(28-27(34-18)20-8-5-4-6-9-20)16-32-21-14-12-19(13-15-21)25(29)22-10-7-11-24(31-3)26(22)33-17-30-2/h4-15H,16-17H2,1-3H3. The Morgan fingerprint density at radius 1 is 0.912 bits per heavy atom. The number of ether oxygens (including phenoxy) is 4. The predicted molar refractivity (Wildman–Crippen MR) is 126 cm³/mol. The number of rotatable bonds is 10. The number of ketones is 1. The highest BCUT2D eigenvalue weighted by atomic mass is 16.7. The molecule has 7 heteroatoms. The van der Waals surface area contributed by atoms with Gasteiger partial charge < -0.3 is 23.4 Å². The van der Waals surface area contributed by atoms with Crippen LogP contribution in [0.2, 0.25) is 0 Å². The number of oxazole rings is 1. The van der Waals surface area contributed by atoms with Gasteiger partial charge in [-0.3, -0.25) is 4.79 Å². The Labute approximate surface area is 197 Å². The van der Waals surface area contributed by atoms with E-state index in [1.165, 1.54) is 14.2 Å². The van der Waals surface area contributed by atoms with E-state index in [0.29, 0.717) is 40.0 Å².